The molecule has 2 N–H and O–H groups in total. The molecular formula is C15H20Cl2N6S. The molecule has 0 aliphatic carbocycles. The molecule has 1 aromatic carbocycles. The molecule has 1 saturated heterocycles. The molecule has 0 bridgehead atoms. The normalized spacial score (nSPS) is 14.4. The fraction of sp³-hybridized carbons (Fsp3) is 0.400. The molecule has 0 saturated carbocycles. The first-order chi connectivity index (χ1) is 10.8. The molecule has 1 aliphatic heterocycles. The van der Waals surface area contributed by atoms with Gasteiger partial charge in [-0.25, -0.2) is 0 Å². The van der Waals surface area contributed by atoms with Crippen molar-refractivity contribution >= 4 is 47.0 Å². The van der Waals surface area contributed by atoms with E-state index >= 15 is 0 Å². The van der Waals surface area contributed by atoms with Crippen LogP contribution in [-0.4, -0.2) is 47.8 Å². The number of nitrogens with two attached hydrogens (primary N) is 1. The SMILES string of the molecule is Cl.Cl.N#Cc1ccccc1N1CCN(CCc2nnc(N)s2)CC1. The molecule has 9 heteroatoms. The maximum atomic E-state index is 9.20. The minimum absolute atomic E-state index is 0. The van der Waals surface area contributed by atoms with Crippen molar-refractivity contribution in [1.82, 2.24) is 15.1 Å². The predicted octanol–water partition coefficient (Wildman–Crippen LogP) is 2.20. The Balaban J connectivity index is 0.00000144. The number of nitrogens with zero attached hydrogens (tertiary/aromatic N) is 5. The molecule has 6 nitrogen and oxygen atoms in total. The number of aromatic nitrogens is 2. The summed E-state index contributed by atoms with van der Waals surface area (Å²) in [6.45, 7) is 4.85. The summed E-state index contributed by atoms with van der Waals surface area (Å²) < 4.78 is 0. The first kappa shape index (κ1) is 20.5. The molecule has 1 fully saturated rings. The zero-order chi connectivity index (χ0) is 15.4. The van der Waals surface area contributed by atoms with Crippen molar-refractivity contribution in [3.05, 3.63) is 34.8 Å². The van der Waals surface area contributed by atoms with E-state index in [9.17, 15) is 5.26 Å². The number of hydrogen-bond acceptors (Lipinski definition) is 7. The van der Waals surface area contributed by atoms with Crippen molar-refractivity contribution < 1.29 is 0 Å². The van der Waals surface area contributed by atoms with Gasteiger partial charge < -0.3 is 10.6 Å². The summed E-state index contributed by atoms with van der Waals surface area (Å²) in [6, 6.07) is 10.1. The molecule has 1 aromatic heterocycles. The lowest BCUT2D eigenvalue weighted by Gasteiger charge is -2.36. The van der Waals surface area contributed by atoms with E-state index in [0.29, 0.717) is 5.13 Å². The summed E-state index contributed by atoms with van der Waals surface area (Å²) in [7, 11) is 0. The van der Waals surface area contributed by atoms with E-state index in [-0.39, 0.29) is 24.8 Å². The monoisotopic (exact) mass is 386 g/mol. The van der Waals surface area contributed by atoms with Crippen LogP contribution in [0.25, 0.3) is 0 Å². The summed E-state index contributed by atoms with van der Waals surface area (Å²) in [4.78, 5) is 4.71. The van der Waals surface area contributed by atoms with Gasteiger partial charge in [-0.1, -0.05) is 23.5 Å². The van der Waals surface area contributed by atoms with Gasteiger partial charge in [0.2, 0.25) is 5.13 Å². The summed E-state index contributed by atoms with van der Waals surface area (Å²) >= 11 is 1.46. The van der Waals surface area contributed by atoms with Crippen LogP contribution in [0.15, 0.2) is 24.3 Å². The topological polar surface area (TPSA) is 82.1 Å². The maximum Gasteiger partial charge on any atom is 0.203 e. The van der Waals surface area contributed by atoms with Crippen LogP contribution < -0.4 is 10.6 Å². The fourth-order valence-corrected chi connectivity index (χ4v) is 3.28. The molecule has 2 aromatic rings. The molecular weight excluding hydrogens is 367 g/mol. The number of rotatable bonds is 4. The van der Waals surface area contributed by atoms with Crippen molar-refractivity contribution in [3.63, 3.8) is 0 Å². The zero-order valence-electron chi connectivity index (χ0n) is 13.1. The third-order valence-electron chi connectivity index (χ3n) is 3.86. The van der Waals surface area contributed by atoms with Gasteiger partial charge in [0.15, 0.2) is 0 Å². The van der Waals surface area contributed by atoms with Crippen LogP contribution >= 0.6 is 36.2 Å². The van der Waals surface area contributed by atoms with Crippen LogP contribution in [0.5, 0.6) is 0 Å². The van der Waals surface area contributed by atoms with Gasteiger partial charge in [0.25, 0.3) is 0 Å². The lowest BCUT2D eigenvalue weighted by molar-refractivity contribution is 0.260. The Labute approximate surface area is 158 Å². The van der Waals surface area contributed by atoms with E-state index in [1.807, 2.05) is 24.3 Å². The average molecular weight is 387 g/mol. The van der Waals surface area contributed by atoms with Crippen molar-refractivity contribution in [2.75, 3.05) is 43.4 Å². The first-order valence-electron chi connectivity index (χ1n) is 7.30. The second-order valence-electron chi connectivity index (χ2n) is 5.24. The first-order valence-corrected chi connectivity index (χ1v) is 8.12. The van der Waals surface area contributed by atoms with Crippen LogP contribution in [0.4, 0.5) is 10.8 Å². The summed E-state index contributed by atoms with van der Waals surface area (Å²) in [5, 5.41) is 18.6. The van der Waals surface area contributed by atoms with Crippen LogP contribution in [-0.2, 0) is 6.42 Å². The highest BCUT2D eigenvalue weighted by molar-refractivity contribution is 7.15. The van der Waals surface area contributed by atoms with Crippen molar-refractivity contribution in [1.29, 1.82) is 5.26 Å². The molecule has 130 valence electrons. The molecule has 1 aliphatic rings. The number of nitriles is 1. The Morgan fingerprint density at radius 3 is 2.46 bits per heavy atom. The zero-order valence-corrected chi connectivity index (χ0v) is 15.5. The maximum absolute atomic E-state index is 9.20. The molecule has 2 heterocycles. The number of para-hydroxylation sites is 1. The van der Waals surface area contributed by atoms with E-state index in [0.717, 1.165) is 55.4 Å². The highest BCUT2D eigenvalue weighted by Gasteiger charge is 2.19. The van der Waals surface area contributed by atoms with Gasteiger partial charge in [0.05, 0.1) is 11.3 Å². The molecule has 0 radical (unpaired) electrons. The van der Waals surface area contributed by atoms with Crippen molar-refractivity contribution in [2.45, 2.75) is 6.42 Å². The van der Waals surface area contributed by atoms with E-state index in [2.05, 4.69) is 26.1 Å². The van der Waals surface area contributed by atoms with Crippen LogP contribution in [0.2, 0.25) is 0 Å². The number of piperazine rings is 1. The second kappa shape index (κ2) is 9.64. The summed E-state index contributed by atoms with van der Waals surface area (Å²) in [5.41, 5.74) is 7.39. The van der Waals surface area contributed by atoms with Crippen molar-refractivity contribution in [2.24, 2.45) is 0 Å². The van der Waals surface area contributed by atoms with Crippen LogP contribution in [0.1, 0.15) is 10.6 Å². The Bertz CT molecular complexity index is 679. The molecule has 0 amide bonds. The lowest BCUT2D eigenvalue weighted by atomic mass is 10.1. The molecule has 0 unspecified atom stereocenters. The highest BCUT2D eigenvalue weighted by Crippen LogP contribution is 2.21. The Hall–Kier alpha value is -1.59. The van der Waals surface area contributed by atoms with E-state index in [1.165, 1.54) is 11.3 Å². The average Bonchev–Trinajstić information content (AvgIpc) is 2.99. The largest absolute Gasteiger partial charge is 0.374 e. The lowest BCUT2D eigenvalue weighted by Crippen LogP contribution is -2.47. The van der Waals surface area contributed by atoms with Crippen molar-refractivity contribution in [3.8, 4) is 6.07 Å². The molecule has 24 heavy (non-hydrogen) atoms. The van der Waals surface area contributed by atoms with Gasteiger partial charge in [0, 0.05) is 39.1 Å². The molecule has 3 rings (SSSR count). The Morgan fingerprint density at radius 1 is 1.12 bits per heavy atom. The number of nitrogen functional groups attached to an aromatic ring is 1. The molecule has 0 atom stereocenters. The number of halogens is 2. The van der Waals surface area contributed by atoms with Gasteiger partial charge in [0.1, 0.15) is 11.1 Å². The van der Waals surface area contributed by atoms with Gasteiger partial charge in [-0.15, -0.1) is 35.0 Å². The summed E-state index contributed by atoms with van der Waals surface area (Å²) in [5.74, 6) is 0. The second-order valence-corrected chi connectivity index (χ2v) is 6.34. The summed E-state index contributed by atoms with van der Waals surface area (Å²) in [6.07, 6.45) is 0.893. The number of hydrogen-bond donors (Lipinski definition) is 1. The van der Waals surface area contributed by atoms with Crippen LogP contribution in [0, 0.1) is 11.3 Å². The van der Waals surface area contributed by atoms with Gasteiger partial charge >= 0.3 is 0 Å². The third-order valence-corrected chi connectivity index (χ3v) is 4.67. The smallest absolute Gasteiger partial charge is 0.203 e. The quantitative estimate of drug-likeness (QED) is 0.866. The number of anilines is 2. The Morgan fingerprint density at radius 2 is 1.83 bits per heavy atom. The standard InChI is InChI=1S/C15H18N6S.2ClH/c16-11-12-3-1-2-4-13(12)21-9-7-20(8-10-21)6-5-14-18-19-15(17)22-14;;/h1-4H,5-10H2,(H2,17,19);2*1H. The minimum Gasteiger partial charge on any atom is -0.374 e. The third kappa shape index (κ3) is 4.95. The number of benzene rings is 1. The minimum atomic E-state index is 0. The fourth-order valence-electron chi connectivity index (χ4n) is 2.68. The highest BCUT2D eigenvalue weighted by atomic mass is 35.5. The van der Waals surface area contributed by atoms with Gasteiger partial charge in [-0.05, 0) is 12.1 Å². The van der Waals surface area contributed by atoms with Gasteiger partial charge in [-0.3, -0.25) is 4.90 Å². The predicted molar refractivity (Wildman–Crippen MR) is 102 cm³/mol. The van der Waals surface area contributed by atoms with Crippen LogP contribution in [0.3, 0.4) is 0 Å². The van der Waals surface area contributed by atoms with E-state index in [4.69, 9.17) is 5.73 Å². The van der Waals surface area contributed by atoms with E-state index < -0.39 is 0 Å². The molecule has 0 spiro atoms. The Kier molecular flexibility index (Phi) is 8.22. The van der Waals surface area contributed by atoms with E-state index in [1.54, 1.807) is 0 Å². The van der Waals surface area contributed by atoms with Gasteiger partial charge in [-0.2, -0.15) is 5.26 Å².